The Bertz CT molecular complexity index is 508. The summed E-state index contributed by atoms with van der Waals surface area (Å²) >= 11 is 0. The molecule has 0 spiro atoms. The molecular formula is C12H15NO8. The molecule has 1 heterocycles. The third-order valence-corrected chi connectivity index (χ3v) is 3.15. The molecule has 1 aliphatic heterocycles. The Hall–Kier alpha value is -1.78. The maximum absolute atomic E-state index is 10.9. The number of ether oxygens (including phenoxy) is 2. The zero-order valence-corrected chi connectivity index (χ0v) is 10.8. The quantitative estimate of drug-likeness (QED) is 0.308. The van der Waals surface area contributed by atoms with Crippen molar-refractivity contribution in [1.29, 1.82) is 0 Å². The Morgan fingerprint density at radius 2 is 1.86 bits per heavy atom. The van der Waals surface area contributed by atoms with Gasteiger partial charge in [-0.3, -0.25) is 10.1 Å². The van der Waals surface area contributed by atoms with E-state index in [2.05, 4.69) is 0 Å². The molecule has 21 heavy (non-hydrogen) atoms. The van der Waals surface area contributed by atoms with Gasteiger partial charge in [0.1, 0.15) is 24.4 Å². The summed E-state index contributed by atoms with van der Waals surface area (Å²) in [7, 11) is 0. The zero-order chi connectivity index (χ0) is 15.6. The van der Waals surface area contributed by atoms with E-state index in [4.69, 9.17) is 14.6 Å². The van der Waals surface area contributed by atoms with Crippen molar-refractivity contribution in [1.82, 2.24) is 0 Å². The van der Waals surface area contributed by atoms with Gasteiger partial charge in [0, 0.05) is 6.07 Å². The smallest absolute Gasteiger partial charge is 0.311 e. The van der Waals surface area contributed by atoms with Gasteiger partial charge in [-0.2, -0.15) is 0 Å². The van der Waals surface area contributed by atoms with Crippen molar-refractivity contribution in [2.45, 2.75) is 30.7 Å². The van der Waals surface area contributed by atoms with E-state index >= 15 is 0 Å². The maximum Gasteiger partial charge on any atom is 0.311 e. The largest absolute Gasteiger partial charge is 0.455 e. The molecule has 2 rings (SSSR count). The SMILES string of the molecule is O=[N+]([O-])c1ccccc1O[C@@H]1O[C@H](CO)[C@H](O)[C@H](O)[13C@H]1O. The molecule has 0 unspecified atom stereocenters. The molecule has 4 N–H and O–H groups in total. The first-order valence-corrected chi connectivity index (χ1v) is 6.16. The number of nitro benzene ring substituents is 1. The lowest BCUT2D eigenvalue weighted by atomic mass is 10.1. The van der Waals surface area contributed by atoms with E-state index < -0.39 is 42.2 Å². The second kappa shape index (κ2) is 6.33. The molecule has 1 aliphatic rings. The topological polar surface area (TPSA) is 143 Å². The van der Waals surface area contributed by atoms with Gasteiger partial charge in [-0.05, 0) is 6.07 Å². The summed E-state index contributed by atoms with van der Waals surface area (Å²) < 4.78 is 10.3. The Balaban J connectivity index is 2.20. The van der Waals surface area contributed by atoms with E-state index in [9.17, 15) is 25.4 Å². The summed E-state index contributed by atoms with van der Waals surface area (Å²) in [6.45, 7) is -0.609. The summed E-state index contributed by atoms with van der Waals surface area (Å²) in [5.74, 6) is -0.160. The molecule has 1 aromatic rings. The first kappa shape index (κ1) is 15.6. The summed E-state index contributed by atoms with van der Waals surface area (Å²) in [5, 5.41) is 49.0. The summed E-state index contributed by atoms with van der Waals surface area (Å²) in [4.78, 5) is 10.2. The van der Waals surface area contributed by atoms with Crippen LogP contribution in [0, 0.1) is 10.1 Å². The fraction of sp³-hybridized carbons (Fsp3) is 0.500. The monoisotopic (exact) mass is 302 g/mol. The first-order valence-electron chi connectivity index (χ1n) is 6.16. The van der Waals surface area contributed by atoms with Crippen LogP contribution in [0.25, 0.3) is 0 Å². The van der Waals surface area contributed by atoms with Crippen molar-refractivity contribution in [2.24, 2.45) is 0 Å². The zero-order valence-electron chi connectivity index (χ0n) is 10.8. The van der Waals surface area contributed by atoms with E-state index in [0.29, 0.717) is 0 Å². The van der Waals surface area contributed by atoms with Crippen molar-refractivity contribution in [2.75, 3.05) is 6.61 Å². The lowest BCUT2D eigenvalue weighted by Gasteiger charge is -2.39. The molecule has 0 aromatic heterocycles. The highest BCUT2D eigenvalue weighted by Gasteiger charge is 2.45. The van der Waals surface area contributed by atoms with Gasteiger partial charge in [0.2, 0.25) is 6.29 Å². The molecule has 9 heteroatoms. The number of nitro groups is 1. The molecule has 0 radical (unpaired) electrons. The van der Waals surface area contributed by atoms with Crippen LogP contribution in [0.5, 0.6) is 5.75 Å². The summed E-state index contributed by atoms with van der Waals surface area (Å²) in [5.41, 5.74) is -0.338. The van der Waals surface area contributed by atoms with Crippen molar-refractivity contribution < 1.29 is 34.8 Å². The van der Waals surface area contributed by atoms with Gasteiger partial charge in [-0.25, -0.2) is 0 Å². The third kappa shape index (κ3) is 3.12. The number of para-hydroxylation sites is 2. The Morgan fingerprint density at radius 1 is 1.19 bits per heavy atom. The lowest BCUT2D eigenvalue weighted by molar-refractivity contribution is -0.387. The fourth-order valence-electron chi connectivity index (χ4n) is 2.00. The van der Waals surface area contributed by atoms with Crippen LogP contribution in [0.1, 0.15) is 0 Å². The average molecular weight is 302 g/mol. The second-order valence-electron chi connectivity index (χ2n) is 4.54. The third-order valence-electron chi connectivity index (χ3n) is 3.15. The first-order chi connectivity index (χ1) is 9.95. The van der Waals surface area contributed by atoms with E-state index in [1.54, 1.807) is 0 Å². The van der Waals surface area contributed by atoms with Gasteiger partial charge >= 0.3 is 5.69 Å². The molecule has 116 valence electrons. The van der Waals surface area contributed by atoms with Gasteiger partial charge in [-0.1, -0.05) is 12.1 Å². The highest BCUT2D eigenvalue weighted by Crippen LogP contribution is 2.30. The van der Waals surface area contributed by atoms with Crippen LogP contribution in [-0.4, -0.2) is 62.7 Å². The van der Waals surface area contributed by atoms with E-state index in [1.807, 2.05) is 0 Å². The van der Waals surface area contributed by atoms with Crippen molar-refractivity contribution in [3.63, 3.8) is 0 Å². The minimum absolute atomic E-state index is 0.160. The van der Waals surface area contributed by atoms with Crippen LogP contribution >= 0.6 is 0 Å². The van der Waals surface area contributed by atoms with Gasteiger partial charge < -0.3 is 29.9 Å². The molecule has 0 amide bonds. The molecule has 1 fully saturated rings. The predicted molar refractivity (Wildman–Crippen MR) is 67.5 cm³/mol. The number of hydrogen-bond acceptors (Lipinski definition) is 8. The average Bonchev–Trinajstić information content (AvgIpc) is 2.48. The number of nitrogens with zero attached hydrogens (tertiary/aromatic N) is 1. The Kier molecular flexibility index (Phi) is 4.70. The van der Waals surface area contributed by atoms with Crippen LogP contribution in [0.3, 0.4) is 0 Å². The van der Waals surface area contributed by atoms with E-state index in [-0.39, 0.29) is 11.4 Å². The minimum atomic E-state index is -1.62. The number of aliphatic hydroxyl groups is 4. The number of hydrogen-bond donors (Lipinski definition) is 4. The standard InChI is InChI=1S/C12H15NO8/c14-5-8-9(15)10(16)11(17)12(21-8)20-7-4-2-1-3-6(7)13(18)19/h1-4,8-12,14-17H,5H2/t8-,9+,10+,11-,12-/m1/s1/i11+1. The molecular weight excluding hydrogens is 287 g/mol. The minimum Gasteiger partial charge on any atom is -0.455 e. The highest BCUT2D eigenvalue weighted by molar-refractivity contribution is 5.45. The molecule has 1 saturated heterocycles. The maximum atomic E-state index is 10.9. The van der Waals surface area contributed by atoms with Crippen LogP contribution in [0.15, 0.2) is 24.3 Å². The van der Waals surface area contributed by atoms with Crippen LogP contribution in [0.4, 0.5) is 5.69 Å². The van der Waals surface area contributed by atoms with Gasteiger partial charge in [0.25, 0.3) is 0 Å². The molecule has 1 aromatic carbocycles. The Labute approximate surface area is 119 Å². The molecule has 0 aliphatic carbocycles. The predicted octanol–water partition coefficient (Wildman–Crippen LogP) is -1.23. The van der Waals surface area contributed by atoms with Gasteiger partial charge in [0.15, 0.2) is 5.75 Å². The Morgan fingerprint density at radius 3 is 2.48 bits per heavy atom. The van der Waals surface area contributed by atoms with Crippen LogP contribution in [0.2, 0.25) is 0 Å². The number of aliphatic hydroxyl groups excluding tert-OH is 4. The van der Waals surface area contributed by atoms with E-state index in [1.165, 1.54) is 24.3 Å². The fourth-order valence-corrected chi connectivity index (χ4v) is 2.00. The molecule has 0 bridgehead atoms. The lowest BCUT2D eigenvalue weighted by Crippen LogP contribution is -2.60. The normalized spacial score (nSPS) is 32.7. The molecule has 0 saturated carbocycles. The van der Waals surface area contributed by atoms with Gasteiger partial charge in [-0.15, -0.1) is 0 Å². The molecule has 5 atom stereocenters. The summed E-state index contributed by atoms with van der Waals surface area (Å²) in [6.07, 6.45) is -7.35. The van der Waals surface area contributed by atoms with Gasteiger partial charge in [0.05, 0.1) is 11.5 Å². The number of rotatable bonds is 4. The summed E-state index contributed by atoms with van der Waals surface area (Å²) in [6, 6.07) is 5.45. The van der Waals surface area contributed by atoms with Crippen molar-refractivity contribution in [3.05, 3.63) is 34.4 Å². The molecule has 9 nitrogen and oxygen atoms in total. The van der Waals surface area contributed by atoms with Crippen molar-refractivity contribution >= 4 is 5.69 Å². The van der Waals surface area contributed by atoms with Crippen LogP contribution < -0.4 is 4.74 Å². The number of benzene rings is 1. The van der Waals surface area contributed by atoms with Crippen molar-refractivity contribution in [3.8, 4) is 5.75 Å². The van der Waals surface area contributed by atoms with E-state index in [0.717, 1.165) is 0 Å². The highest BCUT2D eigenvalue weighted by atomic mass is 16.7. The second-order valence-corrected chi connectivity index (χ2v) is 4.54. The van der Waals surface area contributed by atoms with Crippen LogP contribution in [-0.2, 0) is 4.74 Å².